The topological polar surface area (TPSA) is 35.0 Å². The van der Waals surface area contributed by atoms with Gasteiger partial charge in [-0.3, -0.25) is 0 Å². The number of halogens is 1. The van der Waals surface area contributed by atoms with Gasteiger partial charge in [-0.2, -0.15) is 4.39 Å². The Labute approximate surface area is 96.9 Å². The summed E-state index contributed by atoms with van der Waals surface area (Å²) in [5.41, 5.74) is 2.85. The summed E-state index contributed by atoms with van der Waals surface area (Å²) in [6.45, 7) is 2.49. The molecule has 0 aliphatic carbocycles. The van der Waals surface area contributed by atoms with Crippen molar-refractivity contribution in [3.63, 3.8) is 0 Å². The minimum absolute atomic E-state index is 0.509. The molecule has 3 nitrogen and oxygen atoms in total. The molecule has 0 atom stereocenters. The average molecular weight is 238 g/mol. The first-order valence-corrected chi connectivity index (χ1v) is 5.77. The van der Waals surface area contributed by atoms with Gasteiger partial charge in [-0.05, 0) is 13.0 Å². The van der Waals surface area contributed by atoms with Gasteiger partial charge in [-0.25, -0.2) is 9.97 Å². The van der Waals surface area contributed by atoms with Gasteiger partial charge in [0.25, 0.3) is 0 Å². The van der Waals surface area contributed by atoms with Crippen molar-refractivity contribution >= 4 is 11.3 Å². The predicted octanol–water partition coefficient (Wildman–Crippen LogP) is 2.61. The van der Waals surface area contributed by atoms with Crippen molar-refractivity contribution in [2.24, 2.45) is 0 Å². The van der Waals surface area contributed by atoms with E-state index < -0.39 is 5.95 Å². The van der Waals surface area contributed by atoms with Crippen molar-refractivity contribution in [2.75, 3.05) is 6.61 Å². The predicted molar refractivity (Wildman–Crippen MR) is 60.2 cm³/mol. The van der Waals surface area contributed by atoms with E-state index in [9.17, 15) is 4.39 Å². The lowest BCUT2D eigenvalue weighted by molar-refractivity contribution is 0.320. The molecular weight excluding hydrogens is 227 g/mol. The summed E-state index contributed by atoms with van der Waals surface area (Å²) in [4.78, 5) is 8.81. The molecule has 84 valence electrons. The van der Waals surface area contributed by atoms with Crippen molar-refractivity contribution < 1.29 is 9.13 Å². The number of ether oxygens (including phenoxy) is 1. The maximum atomic E-state index is 12.7. The van der Waals surface area contributed by atoms with Crippen molar-refractivity contribution in [1.29, 1.82) is 0 Å². The van der Waals surface area contributed by atoms with Crippen molar-refractivity contribution in [3.8, 4) is 5.75 Å². The smallest absolute Gasteiger partial charge is 0.216 e. The van der Waals surface area contributed by atoms with Crippen LogP contribution in [0.4, 0.5) is 4.39 Å². The summed E-state index contributed by atoms with van der Waals surface area (Å²) in [5.74, 6) is -0.0128. The zero-order valence-electron chi connectivity index (χ0n) is 8.81. The maximum Gasteiger partial charge on any atom is 0.216 e. The third kappa shape index (κ3) is 2.76. The summed E-state index contributed by atoms with van der Waals surface area (Å²) < 4.78 is 18.1. The zero-order valence-corrected chi connectivity index (χ0v) is 9.63. The molecule has 0 aromatic carbocycles. The van der Waals surface area contributed by atoms with Crippen molar-refractivity contribution in [2.45, 2.75) is 13.3 Å². The van der Waals surface area contributed by atoms with Gasteiger partial charge in [0.05, 0.1) is 17.8 Å². The lowest BCUT2D eigenvalue weighted by Gasteiger charge is -2.04. The summed E-state index contributed by atoms with van der Waals surface area (Å²) in [5, 5.41) is 0. The third-order valence-corrected chi connectivity index (χ3v) is 3.14. The standard InChI is InChI=1S/C11H11FN2OS/c1-8-10(16-7-14-8)3-5-15-9-2-4-13-11(12)6-9/h2,4,6-7H,3,5H2,1H3. The molecule has 0 amide bonds. The van der Waals surface area contributed by atoms with E-state index >= 15 is 0 Å². The number of pyridine rings is 1. The summed E-state index contributed by atoms with van der Waals surface area (Å²) in [7, 11) is 0. The Morgan fingerprint density at radius 1 is 1.44 bits per heavy atom. The lowest BCUT2D eigenvalue weighted by Crippen LogP contribution is -2.01. The highest BCUT2D eigenvalue weighted by atomic mass is 32.1. The Morgan fingerprint density at radius 3 is 3.00 bits per heavy atom. The summed E-state index contributed by atoms with van der Waals surface area (Å²) in [6, 6.07) is 2.92. The molecule has 0 saturated heterocycles. The molecule has 0 aliphatic heterocycles. The van der Waals surface area contributed by atoms with Crippen LogP contribution in [-0.4, -0.2) is 16.6 Å². The SMILES string of the molecule is Cc1ncsc1CCOc1ccnc(F)c1. The molecule has 0 unspecified atom stereocenters. The molecule has 2 rings (SSSR count). The number of thiazole rings is 1. The van der Waals surface area contributed by atoms with Crippen molar-refractivity contribution in [3.05, 3.63) is 40.4 Å². The number of aromatic nitrogens is 2. The van der Waals surface area contributed by atoms with Gasteiger partial charge in [0, 0.05) is 23.6 Å². The first-order valence-electron chi connectivity index (χ1n) is 4.89. The van der Waals surface area contributed by atoms with Crippen LogP contribution in [0.1, 0.15) is 10.6 Å². The fourth-order valence-electron chi connectivity index (χ4n) is 1.30. The summed E-state index contributed by atoms with van der Waals surface area (Å²) in [6.07, 6.45) is 2.18. The first-order chi connectivity index (χ1) is 7.75. The number of hydrogen-bond donors (Lipinski definition) is 0. The van der Waals surface area contributed by atoms with E-state index in [-0.39, 0.29) is 0 Å². The lowest BCUT2D eigenvalue weighted by atomic mass is 10.3. The average Bonchev–Trinajstić information content (AvgIpc) is 2.65. The second kappa shape index (κ2) is 5.03. The quantitative estimate of drug-likeness (QED) is 0.768. The van der Waals surface area contributed by atoms with Gasteiger partial charge < -0.3 is 4.74 Å². The maximum absolute atomic E-state index is 12.7. The molecule has 0 aliphatic rings. The van der Waals surface area contributed by atoms with E-state index in [0.717, 1.165) is 12.1 Å². The minimum Gasteiger partial charge on any atom is -0.493 e. The molecule has 0 fully saturated rings. The van der Waals surface area contributed by atoms with Crippen molar-refractivity contribution in [1.82, 2.24) is 9.97 Å². The second-order valence-corrected chi connectivity index (χ2v) is 4.21. The van der Waals surface area contributed by atoms with Crippen LogP contribution in [0.2, 0.25) is 0 Å². The second-order valence-electron chi connectivity index (χ2n) is 3.27. The van der Waals surface area contributed by atoms with Crippen LogP contribution in [0.25, 0.3) is 0 Å². The Kier molecular flexibility index (Phi) is 3.46. The van der Waals surface area contributed by atoms with Gasteiger partial charge in [0.2, 0.25) is 5.95 Å². The van der Waals surface area contributed by atoms with Crippen LogP contribution >= 0.6 is 11.3 Å². The van der Waals surface area contributed by atoms with E-state index in [1.54, 1.807) is 17.4 Å². The molecule has 0 N–H and O–H groups in total. The Balaban J connectivity index is 1.87. The van der Waals surface area contributed by atoms with Crippen LogP contribution in [0.3, 0.4) is 0 Å². The fourth-order valence-corrected chi connectivity index (χ4v) is 2.06. The fraction of sp³-hybridized carbons (Fsp3) is 0.273. The van der Waals surface area contributed by atoms with Gasteiger partial charge in [0.15, 0.2) is 0 Å². The number of rotatable bonds is 4. The molecule has 0 saturated carbocycles. The molecule has 0 bridgehead atoms. The normalized spacial score (nSPS) is 10.4. The van der Waals surface area contributed by atoms with Crippen LogP contribution in [0.5, 0.6) is 5.75 Å². The molecular formula is C11H11FN2OS. The number of hydrogen-bond acceptors (Lipinski definition) is 4. The monoisotopic (exact) mass is 238 g/mol. The Bertz CT molecular complexity index is 473. The highest BCUT2D eigenvalue weighted by molar-refractivity contribution is 7.09. The molecule has 2 heterocycles. The van der Waals surface area contributed by atoms with Crippen LogP contribution in [0.15, 0.2) is 23.8 Å². The van der Waals surface area contributed by atoms with E-state index in [2.05, 4.69) is 9.97 Å². The van der Waals surface area contributed by atoms with Gasteiger partial charge >= 0.3 is 0 Å². The molecule has 2 aromatic rings. The van der Waals surface area contributed by atoms with E-state index in [1.807, 2.05) is 12.4 Å². The van der Waals surface area contributed by atoms with Gasteiger partial charge in [-0.15, -0.1) is 11.3 Å². The minimum atomic E-state index is -0.522. The van der Waals surface area contributed by atoms with Crippen LogP contribution < -0.4 is 4.74 Å². The largest absolute Gasteiger partial charge is 0.493 e. The van der Waals surface area contributed by atoms with E-state index in [1.165, 1.54) is 17.1 Å². The molecule has 0 radical (unpaired) electrons. The summed E-state index contributed by atoms with van der Waals surface area (Å²) >= 11 is 1.61. The number of nitrogens with zero attached hydrogens (tertiary/aromatic N) is 2. The molecule has 5 heteroatoms. The van der Waals surface area contributed by atoms with Crippen LogP contribution in [-0.2, 0) is 6.42 Å². The van der Waals surface area contributed by atoms with Crippen LogP contribution in [0, 0.1) is 12.9 Å². The Hall–Kier alpha value is -1.49. The third-order valence-electron chi connectivity index (χ3n) is 2.14. The number of aryl methyl sites for hydroxylation is 1. The molecule has 2 aromatic heterocycles. The van der Waals surface area contributed by atoms with Gasteiger partial charge in [0.1, 0.15) is 5.75 Å². The Morgan fingerprint density at radius 2 is 2.31 bits per heavy atom. The van der Waals surface area contributed by atoms with E-state index in [0.29, 0.717) is 12.4 Å². The molecule has 16 heavy (non-hydrogen) atoms. The zero-order chi connectivity index (χ0) is 11.4. The first kappa shape index (κ1) is 11.0. The highest BCUT2D eigenvalue weighted by Gasteiger charge is 2.02. The van der Waals surface area contributed by atoms with E-state index in [4.69, 9.17) is 4.74 Å². The van der Waals surface area contributed by atoms with Gasteiger partial charge in [-0.1, -0.05) is 0 Å². The molecule has 0 spiro atoms. The highest BCUT2D eigenvalue weighted by Crippen LogP contribution is 2.14.